The molecule has 0 heterocycles. The van der Waals surface area contributed by atoms with Crippen LogP contribution in [0.4, 0.5) is 0 Å². The monoisotopic (exact) mass is 469 g/mol. The van der Waals surface area contributed by atoms with Gasteiger partial charge in [-0.2, -0.15) is 0 Å². The fraction of sp³-hybridized carbons (Fsp3) is 0.172. The Morgan fingerprint density at radius 1 is 0.800 bits per heavy atom. The van der Waals surface area contributed by atoms with Gasteiger partial charge in [-0.1, -0.05) is 54.6 Å². The first-order chi connectivity index (χ1) is 17.0. The number of carboxylic acids is 1. The van der Waals surface area contributed by atoms with E-state index >= 15 is 0 Å². The Labute approximate surface area is 204 Å². The van der Waals surface area contributed by atoms with Crippen molar-refractivity contribution in [3.8, 4) is 11.5 Å². The van der Waals surface area contributed by atoms with Crippen molar-refractivity contribution in [3.63, 3.8) is 0 Å². The fourth-order valence-corrected chi connectivity index (χ4v) is 3.80. The van der Waals surface area contributed by atoms with Gasteiger partial charge in [0, 0.05) is 12.0 Å². The van der Waals surface area contributed by atoms with E-state index in [1.54, 1.807) is 12.1 Å². The number of fused-ring (bicyclic) bond motifs is 1. The molecule has 2 N–H and O–H groups in total. The van der Waals surface area contributed by atoms with Crippen molar-refractivity contribution in [2.45, 2.75) is 26.0 Å². The maximum Gasteiger partial charge on any atom is 0.326 e. The van der Waals surface area contributed by atoms with E-state index in [2.05, 4.69) is 5.32 Å². The van der Waals surface area contributed by atoms with Crippen LogP contribution in [0.5, 0.6) is 11.5 Å². The molecule has 1 amide bonds. The molecular formula is C29H27NO5. The Morgan fingerprint density at radius 2 is 1.51 bits per heavy atom. The maximum atomic E-state index is 12.8. The molecule has 35 heavy (non-hydrogen) atoms. The molecule has 0 aromatic heterocycles. The summed E-state index contributed by atoms with van der Waals surface area (Å²) < 4.78 is 11.5. The molecule has 0 aliphatic carbocycles. The summed E-state index contributed by atoms with van der Waals surface area (Å²) in [6, 6.07) is 26.9. The normalized spacial score (nSPS) is 11.6. The number of amides is 1. The molecule has 178 valence electrons. The molecular weight excluding hydrogens is 442 g/mol. The molecule has 0 unspecified atom stereocenters. The summed E-state index contributed by atoms with van der Waals surface area (Å²) in [6.45, 7) is 2.96. The van der Waals surface area contributed by atoms with Gasteiger partial charge >= 0.3 is 5.97 Å². The number of rotatable bonds is 10. The molecule has 4 aromatic rings. The topological polar surface area (TPSA) is 84.9 Å². The van der Waals surface area contributed by atoms with Gasteiger partial charge in [-0.05, 0) is 65.2 Å². The number of carboxylic acid groups (broad SMARTS) is 1. The minimum Gasteiger partial charge on any atom is -0.494 e. The van der Waals surface area contributed by atoms with Crippen LogP contribution in [0.3, 0.4) is 0 Å². The number of hydrogen-bond donors (Lipinski definition) is 2. The van der Waals surface area contributed by atoms with E-state index in [4.69, 9.17) is 9.47 Å². The first kappa shape index (κ1) is 23.8. The van der Waals surface area contributed by atoms with Crippen LogP contribution in [-0.2, 0) is 17.8 Å². The Balaban J connectivity index is 1.42. The number of carbonyl (C=O) groups is 2. The Hall–Kier alpha value is -4.32. The van der Waals surface area contributed by atoms with Crippen molar-refractivity contribution in [1.82, 2.24) is 5.32 Å². The van der Waals surface area contributed by atoms with Gasteiger partial charge in [-0.25, -0.2) is 4.79 Å². The van der Waals surface area contributed by atoms with Gasteiger partial charge in [0.1, 0.15) is 24.1 Å². The van der Waals surface area contributed by atoms with E-state index in [9.17, 15) is 14.7 Å². The van der Waals surface area contributed by atoms with Crippen molar-refractivity contribution in [2.24, 2.45) is 0 Å². The van der Waals surface area contributed by atoms with Gasteiger partial charge < -0.3 is 19.9 Å². The van der Waals surface area contributed by atoms with Crippen LogP contribution in [0.2, 0.25) is 0 Å². The fourth-order valence-electron chi connectivity index (χ4n) is 3.80. The predicted octanol–water partition coefficient (Wildman–Crippen LogP) is 5.24. The molecule has 0 spiro atoms. The number of benzene rings is 4. The summed E-state index contributed by atoms with van der Waals surface area (Å²) in [6.07, 6.45) is 0.212. The molecule has 6 heteroatoms. The number of nitrogens with one attached hydrogen (secondary N) is 1. The zero-order valence-electron chi connectivity index (χ0n) is 19.4. The lowest BCUT2D eigenvalue weighted by molar-refractivity contribution is -0.139. The Bertz CT molecular complexity index is 1320. The Kier molecular flexibility index (Phi) is 7.63. The molecule has 0 saturated carbocycles. The van der Waals surface area contributed by atoms with E-state index in [-0.39, 0.29) is 6.42 Å². The van der Waals surface area contributed by atoms with E-state index in [1.165, 1.54) is 0 Å². The molecule has 0 bridgehead atoms. The zero-order valence-corrected chi connectivity index (χ0v) is 19.4. The van der Waals surface area contributed by atoms with Crippen LogP contribution in [0.15, 0.2) is 91.0 Å². The van der Waals surface area contributed by atoms with E-state index in [1.807, 2.05) is 85.8 Å². The summed E-state index contributed by atoms with van der Waals surface area (Å²) in [5.41, 5.74) is 2.25. The van der Waals surface area contributed by atoms with E-state index < -0.39 is 17.9 Å². The Morgan fingerprint density at radius 3 is 2.29 bits per heavy atom. The van der Waals surface area contributed by atoms with Gasteiger partial charge in [0.05, 0.1) is 6.61 Å². The number of carbonyl (C=O) groups excluding carboxylic acids is 1. The zero-order chi connectivity index (χ0) is 24.6. The number of ether oxygens (including phenoxy) is 2. The van der Waals surface area contributed by atoms with Crippen LogP contribution in [-0.4, -0.2) is 29.6 Å². The van der Waals surface area contributed by atoms with Crippen molar-refractivity contribution >= 4 is 22.6 Å². The van der Waals surface area contributed by atoms with E-state index in [0.717, 1.165) is 27.6 Å². The molecule has 6 nitrogen and oxygen atoms in total. The lowest BCUT2D eigenvalue weighted by atomic mass is 10.0. The molecule has 0 saturated heterocycles. The van der Waals surface area contributed by atoms with Crippen LogP contribution in [0.25, 0.3) is 10.8 Å². The second kappa shape index (κ2) is 11.2. The van der Waals surface area contributed by atoms with Crippen LogP contribution < -0.4 is 14.8 Å². The van der Waals surface area contributed by atoms with Crippen molar-refractivity contribution in [3.05, 3.63) is 108 Å². The largest absolute Gasteiger partial charge is 0.494 e. The molecule has 0 aliphatic heterocycles. The van der Waals surface area contributed by atoms with Gasteiger partial charge in [0.2, 0.25) is 0 Å². The predicted molar refractivity (Wildman–Crippen MR) is 135 cm³/mol. The third-order valence-corrected chi connectivity index (χ3v) is 5.57. The maximum absolute atomic E-state index is 12.8. The molecule has 4 rings (SSSR count). The third-order valence-electron chi connectivity index (χ3n) is 5.57. The second-order valence-corrected chi connectivity index (χ2v) is 8.15. The standard InChI is InChI=1S/C29H27NO5/c1-2-34-25-10-6-9-21(15-25)19-35-26-14-13-22-17-24(12-11-23(22)18-26)28(31)30-27(29(32)33)16-20-7-4-3-5-8-20/h3-15,17-18,27H,2,16,19H2,1H3,(H,30,31)(H,32,33)/t27-/m0/s1. The minimum absolute atomic E-state index is 0.212. The highest BCUT2D eigenvalue weighted by molar-refractivity contribution is 6.00. The smallest absolute Gasteiger partial charge is 0.326 e. The average Bonchev–Trinajstić information content (AvgIpc) is 2.87. The van der Waals surface area contributed by atoms with Gasteiger partial charge in [0.15, 0.2) is 0 Å². The van der Waals surface area contributed by atoms with Crippen LogP contribution in [0, 0.1) is 0 Å². The van der Waals surface area contributed by atoms with Crippen LogP contribution in [0.1, 0.15) is 28.4 Å². The molecule has 1 atom stereocenters. The third kappa shape index (κ3) is 6.38. The highest BCUT2D eigenvalue weighted by Gasteiger charge is 2.21. The second-order valence-electron chi connectivity index (χ2n) is 8.15. The highest BCUT2D eigenvalue weighted by atomic mass is 16.5. The number of aliphatic carboxylic acids is 1. The van der Waals surface area contributed by atoms with Crippen molar-refractivity contribution < 1.29 is 24.2 Å². The first-order valence-electron chi connectivity index (χ1n) is 11.5. The molecule has 4 aromatic carbocycles. The van der Waals surface area contributed by atoms with Crippen molar-refractivity contribution in [2.75, 3.05) is 6.61 Å². The van der Waals surface area contributed by atoms with Gasteiger partial charge in [-0.3, -0.25) is 4.79 Å². The average molecular weight is 470 g/mol. The molecule has 0 radical (unpaired) electrons. The van der Waals surface area contributed by atoms with Crippen molar-refractivity contribution in [1.29, 1.82) is 0 Å². The van der Waals surface area contributed by atoms with Crippen LogP contribution >= 0.6 is 0 Å². The summed E-state index contributed by atoms with van der Waals surface area (Å²) in [4.78, 5) is 24.5. The lowest BCUT2D eigenvalue weighted by Gasteiger charge is -2.15. The highest BCUT2D eigenvalue weighted by Crippen LogP contribution is 2.24. The van der Waals surface area contributed by atoms with Gasteiger partial charge in [-0.15, -0.1) is 0 Å². The summed E-state index contributed by atoms with van der Waals surface area (Å²) >= 11 is 0. The first-order valence-corrected chi connectivity index (χ1v) is 11.5. The van der Waals surface area contributed by atoms with E-state index in [0.29, 0.717) is 24.5 Å². The quantitative estimate of drug-likeness (QED) is 0.332. The minimum atomic E-state index is -1.07. The summed E-state index contributed by atoms with van der Waals surface area (Å²) in [5.74, 6) is 0.0263. The SMILES string of the molecule is CCOc1cccc(COc2ccc3cc(C(=O)N[C@@H](Cc4ccccc4)C(=O)O)ccc3c2)c1. The molecule has 0 fully saturated rings. The number of hydrogen-bond acceptors (Lipinski definition) is 4. The lowest BCUT2D eigenvalue weighted by Crippen LogP contribution is -2.42. The summed E-state index contributed by atoms with van der Waals surface area (Å²) in [5, 5.41) is 14.0. The molecule has 0 aliphatic rings. The van der Waals surface area contributed by atoms with Gasteiger partial charge in [0.25, 0.3) is 5.91 Å². The summed E-state index contributed by atoms with van der Waals surface area (Å²) in [7, 11) is 0.